The van der Waals surface area contributed by atoms with E-state index < -0.39 is 11.8 Å². The van der Waals surface area contributed by atoms with Gasteiger partial charge in [-0.3, -0.25) is 14.8 Å². The predicted molar refractivity (Wildman–Crippen MR) is 135 cm³/mol. The Balaban J connectivity index is 1.25. The van der Waals surface area contributed by atoms with Crippen molar-refractivity contribution in [1.29, 1.82) is 0 Å². The number of carbonyl (C=O) groups excluding carboxylic acids is 2. The van der Waals surface area contributed by atoms with Crippen LogP contribution in [-0.2, 0) is 16.0 Å². The summed E-state index contributed by atoms with van der Waals surface area (Å²) in [6.45, 7) is 0.501. The standard InChI is InChI=1S/C26H25ClN2O5S/c27-21-6-2-18(3-7-21)19-4-8-22(9-5-19)35-15-20(26(31)29-32)11-12-28-25(30)14-17-1-10-23-24(13-17)34-16-33-23/h1-10,13,20,32H,11-12,14-16H2,(H,28,30)(H,29,31). The van der Waals surface area contributed by atoms with Crippen molar-refractivity contribution in [2.75, 3.05) is 19.1 Å². The average molecular weight is 513 g/mol. The SMILES string of the molecule is O=C(Cc1ccc2c(c1)OCO2)NCCC(CSc1ccc(-c2ccc(Cl)cc2)cc1)C(=O)NO. The molecule has 9 heteroatoms. The third-order valence-corrected chi connectivity index (χ3v) is 7.01. The van der Waals surface area contributed by atoms with Crippen LogP contribution in [0.5, 0.6) is 11.5 Å². The molecule has 1 aliphatic rings. The minimum absolute atomic E-state index is 0.155. The summed E-state index contributed by atoms with van der Waals surface area (Å²) in [5.41, 5.74) is 4.69. The van der Waals surface area contributed by atoms with Crippen LogP contribution in [0.1, 0.15) is 12.0 Å². The molecule has 0 spiro atoms. The molecule has 1 heterocycles. The number of nitrogens with one attached hydrogen (secondary N) is 2. The molecule has 182 valence electrons. The molecular formula is C26H25ClN2O5S. The van der Waals surface area contributed by atoms with Crippen LogP contribution in [0.3, 0.4) is 0 Å². The van der Waals surface area contributed by atoms with Gasteiger partial charge in [-0.05, 0) is 59.5 Å². The Bertz CT molecular complexity index is 1170. The largest absolute Gasteiger partial charge is 0.454 e. The van der Waals surface area contributed by atoms with Crippen LogP contribution in [-0.4, -0.2) is 36.1 Å². The van der Waals surface area contributed by atoms with Crippen molar-refractivity contribution in [3.63, 3.8) is 0 Å². The van der Waals surface area contributed by atoms with Gasteiger partial charge in [-0.2, -0.15) is 0 Å². The van der Waals surface area contributed by atoms with Crippen LogP contribution >= 0.6 is 23.4 Å². The zero-order valence-corrected chi connectivity index (χ0v) is 20.4. The number of fused-ring (bicyclic) bond motifs is 1. The van der Waals surface area contributed by atoms with Gasteiger partial charge in [-0.15, -0.1) is 11.8 Å². The predicted octanol–water partition coefficient (Wildman–Crippen LogP) is 4.70. The molecule has 0 bridgehead atoms. The van der Waals surface area contributed by atoms with Gasteiger partial charge in [-0.25, -0.2) is 5.48 Å². The fraction of sp³-hybridized carbons (Fsp3) is 0.231. The van der Waals surface area contributed by atoms with Crippen molar-refractivity contribution in [1.82, 2.24) is 10.8 Å². The van der Waals surface area contributed by atoms with E-state index in [1.165, 1.54) is 11.8 Å². The van der Waals surface area contributed by atoms with E-state index in [2.05, 4.69) is 5.32 Å². The van der Waals surface area contributed by atoms with E-state index in [4.69, 9.17) is 26.3 Å². The molecule has 0 fully saturated rings. The summed E-state index contributed by atoms with van der Waals surface area (Å²) in [6, 6.07) is 21.1. The van der Waals surface area contributed by atoms with E-state index >= 15 is 0 Å². The average Bonchev–Trinajstić information content (AvgIpc) is 3.34. The fourth-order valence-electron chi connectivity index (χ4n) is 3.65. The van der Waals surface area contributed by atoms with Crippen LogP contribution in [0.15, 0.2) is 71.6 Å². The Morgan fingerprint density at radius 2 is 1.66 bits per heavy atom. The van der Waals surface area contributed by atoms with E-state index in [1.54, 1.807) is 17.6 Å². The zero-order chi connectivity index (χ0) is 24.6. The van der Waals surface area contributed by atoms with Crippen LogP contribution in [0.2, 0.25) is 5.02 Å². The molecule has 2 amide bonds. The number of ether oxygens (including phenoxy) is 2. The number of thioether (sulfide) groups is 1. The van der Waals surface area contributed by atoms with E-state index in [0.717, 1.165) is 21.6 Å². The number of halogens is 1. The Kier molecular flexibility index (Phi) is 8.52. The second kappa shape index (κ2) is 12.0. The van der Waals surface area contributed by atoms with Crippen molar-refractivity contribution in [3.05, 3.63) is 77.3 Å². The van der Waals surface area contributed by atoms with Gasteiger partial charge in [0.25, 0.3) is 0 Å². The first-order chi connectivity index (χ1) is 17.0. The summed E-state index contributed by atoms with van der Waals surface area (Å²) in [6.07, 6.45) is 0.595. The smallest absolute Gasteiger partial charge is 0.247 e. The van der Waals surface area contributed by atoms with Gasteiger partial charge in [0.05, 0.1) is 12.3 Å². The second-order valence-corrected chi connectivity index (χ2v) is 9.55. The Morgan fingerprint density at radius 3 is 2.37 bits per heavy atom. The summed E-state index contributed by atoms with van der Waals surface area (Å²) in [5.74, 6) is 0.673. The number of hydroxylamine groups is 1. The highest BCUT2D eigenvalue weighted by Crippen LogP contribution is 2.32. The normalized spacial score (nSPS) is 12.7. The first-order valence-corrected chi connectivity index (χ1v) is 12.5. The van der Waals surface area contributed by atoms with Gasteiger partial charge in [0.15, 0.2) is 11.5 Å². The number of hydrogen-bond donors (Lipinski definition) is 3. The monoisotopic (exact) mass is 512 g/mol. The highest BCUT2D eigenvalue weighted by molar-refractivity contribution is 7.99. The van der Waals surface area contributed by atoms with Crippen molar-refractivity contribution < 1.29 is 24.3 Å². The molecule has 3 aromatic rings. The maximum Gasteiger partial charge on any atom is 0.247 e. The molecule has 1 aliphatic heterocycles. The maximum absolute atomic E-state index is 12.3. The van der Waals surface area contributed by atoms with Crippen LogP contribution in [0.25, 0.3) is 11.1 Å². The summed E-state index contributed by atoms with van der Waals surface area (Å²) in [7, 11) is 0. The van der Waals surface area contributed by atoms with Gasteiger partial charge in [0, 0.05) is 22.2 Å². The molecule has 0 radical (unpaired) electrons. The first kappa shape index (κ1) is 24.9. The second-order valence-electron chi connectivity index (χ2n) is 8.02. The van der Waals surface area contributed by atoms with Crippen molar-refractivity contribution in [2.24, 2.45) is 5.92 Å². The molecular weight excluding hydrogens is 488 g/mol. The quantitative estimate of drug-likeness (QED) is 0.207. The molecule has 7 nitrogen and oxygen atoms in total. The third-order valence-electron chi connectivity index (χ3n) is 5.58. The minimum Gasteiger partial charge on any atom is -0.454 e. The van der Waals surface area contributed by atoms with Crippen LogP contribution < -0.4 is 20.3 Å². The van der Waals surface area contributed by atoms with E-state index in [0.29, 0.717) is 35.2 Å². The highest BCUT2D eigenvalue weighted by Gasteiger charge is 2.19. The van der Waals surface area contributed by atoms with E-state index in [-0.39, 0.29) is 19.1 Å². The molecule has 3 N–H and O–H groups in total. The number of carbonyl (C=O) groups is 2. The van der Waals surface area contributed by atoms with E-state index in [9.17, 15) is 9.59 Å². The maximum atomic E-state index is 12.3. The molecule has 1 atom stereocenters. The number of hydrogen-bond acceptors (Lipinski definition) is 6. The Morgan fingerprint density at radius 1 is 0.971 bits per heavy atom. The van der Waals surface area contributed by atoms with Crippen LogP contribution in [0, 0.1) is 5.92 Å². The zero-order valence-electron chi connectivity index (χ0n) is 18.8. The molecule has 35 heavy (non-hydrogen) atoms. The number of rotatable bonds is 10. The minimum atomic E-state index is -0.472. The van der Waals surface area contributed by atoms with Gasteiger partial charge in [0.2, 0.25) is 18.6 Å². The molecule has 0 aromatic heterocycles. The molecule has 0 saturated heterocycles. The topological polar surface area (TPSA) is 96.9 Å². The van der Waals surface area contributed by atoms with Crippen molar-refractivity contribution in [3.8, 4) is 22.6 Å². The lowest BCUT2D eigenvalue weighted by molar-refractivity contribution is -0.133. The molecule has 1 unspecified atom stereocenters. The summed E-state index contributed by atoms with van der Waals surface area (Å²) < 4.78 is 10.6. The molecule has 4 rings (SSSR count). The number of benzene rings is 3. The summed E-state index contributed by atoms with van der Waals surface area (Å²) >= 11 is 7.48. The van der Waals surface area contributed by atoms with Crippen molar-refractivity contribution >= 4 is 35.2 Å². The van der Waals surface area contributed by atoms with Crippen LogP contribution in [0.4, 0.5) is 0 Å². The fourth-order valence-corrected chi connectivity index (χ4v) is 4.81. The lowest BCUT2D eigenvalue weighted by atomic mass is 10.1. The van der Waals surface area contributed by atoms with Gasteiger partial charge < -0.3 is 14.8 Å². The van der Waals surface area contributed by atoms with Crippen molar-refractivity contribution in [2.45, 2.75) is 17.7 Å². The van der Waals surface area contributed by atoms with Gasteiger partial charge in [-0.1, -0.05) is 41.9 Å². The summed E-state index contributed by atoms with van der Waals surface area (Å²) in [4.78, 5) is 25.5. The molecule has 0 saturated carbocycles. The number of amides is 2. The lowest BCUT2D eigenvalue weighted by Crippen LogP contribution is -2.34. The third kappa shape index (κ3) is 6.91. The highest BCUT2D eigenvalue weighted by atomic mass is 35.5. The van der Waals surface area contributed by atoms with Gasteiger partial charge >= 0.3 is 0 Å². The Labute approximate surface area is 212 Å². The first-order valence-electron chi connectivity index (χ1n) is 11.1. The lowest BCUT2D eigenvalue weighted by Gasteiger charge is -2.15. The molecule has 3 aromatic carbocycles. The van der Waals surface area contributed by atoms with Gasteiger partial charge in [0.1, 0.15) is 0 Å². The molecule has 0 aliphatic carbocycles. The summed E-state index contributed by atoms with van der Waals surface area (Å²) in [5, 5.41) is 12.7. The Hall–Kier alpha value is -3.20. The van der Waals surface area contributed by atoms with E-state index in [1.807, 2.05) is 54.6 Å².